The summed E-state index contributed by atoms with van der Waals surface area (Å²) >= 11 is 0. The van der Waals surface area contributed by atoms with Crippen molar-refractivity contribution in [2.24, 2.45) is 5.92 Å². The summed E-state index contributed by atoms with van der Waals surface area (Å²) in [6.07, 6.45) is 2.69. The van der Waals surface area contributed by atoms with Gasteiger partial charge in [0.25, 0.3) is 0 Å². The fourth-order valence-corrected chi connectivity index (χ4v) is 1.58. The van der Waals surface area contributed by atoms with Crippen LogP contribution in [0.15, 0.2) is 12.3 Å². The Kier molecular flexibility index (Phi) is 1.87. The lowest BCUT2D eigenvalue weighted by atomic mass is 10.2. The van der Waals surface area contributed by atoms with Gasteiger partial charge in [0.2, 0.25) is 0 Å². The van der Waals surface area contributed by atoms with Gasteiger partial charge in [0.15, 0.2) is 0 Å². The van der Waals surface area contributed by atoms with Crippen LogP contribution in [0.1, 0.15) is 30.8 Å². The zero-order valence-electron chi connectivity index (χ0n) is 7.82. The van der Waals surface area contributed by atoms with Gasteiger partial charge in [-0.2, -0.15) is 0 Å². The lowest BCUT2D eigenvalue weighted by Crippen LogP contribution is -1.99. The van der Waals surface area contributed by atoms with Gasteiger partial charge in [-0.25, -0.2) is 9.97 Å². The van der Waals surface area contributed by atoms with Gasteiger partial charge in [0.05, 0.1) is 0 Å². The molecular formula is C10H12N2O. The first-order chi connectivity index (χ1) is 6.18. The summed E-state index contributed by atoms with van der Waals surface area (Å²) < 4.78 is 0. The summed E-state index contributed by atoms with van der Waals surface area (Å²) in [6.45, 7) is 3.58. The van der Waals surface area contributed by atoms with E-state index in [4.69, 9.17) is 0 Å². The van der Waals surface area contributed by atoms with Crippen LogP contribution in [0, 0.1) is 12.8 Å². The van der Waals surface area contributed by atoms with Crippen molar-refractivity contribution in [3.05, 3.63) is 23.8 Å². The lowest BCUT2D eigenvalue weighted by molar-refractivity contribution is -0.118. The first-order valence-electron chi connectivity index (χ1n) is 4.48. The molecule has 13 heavy (non-hydrogen) atoms. The fraction of sp³-hybridized carbons (Fsp3) is 0.500. The number of carbonyl (C=O) groups excluding carboxylic acids is 1. The number of hydrogen-bond acceptors (Lipinski definition) is 3. The third kappa shape index (κ3) is 1.59. The third-order valence-electron chi connectivity index (χ3n) is 2.46. The van der Waals surface area contributed by atoms with Gasteiger partial charge in [-0.15, -0.1) is 0 Å². The molecule has 0 spiro atoms. The second-order valence-corrected chi connectivity index (χ2v) is 3.62. The molecule has 0 bridgehead atoms. The molecule has 0 saturated heterocycles. The molecular weight excluding hydrogens is 164 g/mol. The van der Waals surface area contributed by atoms with E-state index in [0.717, 1.165) is 17.9 Å². The predicted octanol–water partition coefficient (Wildman–Crippen LogP) is 1.48. The van der Waals surface area contributed by atoms with Crippen molar-refractivity contribution in [1.29, 1.82) is 0 Å². The van der Waals surface area contributed by atoms with Crippen molar-refractivity contribution < 1.29 is 4.79 Å². The van der Waals surface area contributed by atoms with Crippen LogP contribution in [-0.4, -0.2) is 15.8 Å². The molecule has 1 aliphatic carbocycles. The molecule has 2 atom stereocenters. The minimum absolute atomic E-state index is 0.182. The van der Waals surface area contributed by atoms with Crippen LogP contribution in [-0.2, 0) is 4.79 Å². The summed E-state index contributed by atoms with van der Waals surface area (Å²) in [5.41, 5.74) is 0.971. The van der Waals surface area contributed by atoms with E-state index in [9.17, 15) is 4.79 Å². The van der Waals surface area contributed by atoms with Crippen molar-refractivity contribution in [2.75, 3.05) is 0 Å². The van der Waals surface area contributed by atoms with Crippen LogP contribution in [0.25, 0.3) is 0 Å². The molecule has 2 rings (SSSR count). The van der Waals surface area contributed by atoms with Crippen LogP contribution in [0.4, 0.5) is 0 Å². The minimum Gasteiger partial charge on any atom is -0.300 e. The number of nitrogens with zero attached hydrogens (tertiary/aromatic N) is 2. The number of ketones is 1. The highest BCUT2D eigenvalue weighted by Crippen LogP contribution is 2.46. The maximum Gasteiger partial charge on any atom is 0.133 e. The molecule has 0 amide bonds. The van der Waals surface area contributed by atoms with E-state index in [1.165, 1.54) is 0 Å². The van der Waals surface area contributed by atoms with Crippen LogP contribution >= 0.6 is 0 Å². The minimum atomic E-state index is 0.182. The molecule has 3 heteroatoms. The van der Waals surface area contributed by atoms with Crippen LogP contribution in [0.5, 0.6) is 0 Å². The Labute approximate surface area is 77.2 Å². The Bertz CT molecular complexity index is 349. The zero-order valence-corrected chi connectivity index (χ0v) is 7.82. The largest absolute Gasteiger partial charge is 0.300 e. The van der Waals surface area contributed by atoms with Gasteiger partial charge < -0.3 is 0 Å². The smallest absolute Gasteiger partial charge is 0.133 e. The van der Waals surface area contributed by atoms with E-state index < -0.39 is 0 Å². The molecule has 1 aromatic heterocycles. The van der Waals surface area contributed by atoms with Gasteiger partial charge in [-0.05, 0) is 26.3 Å². The van der Waals surface area contributed by atoms with Crippen molar-refractivity contribution in [3.63, 3.8) is 0 Å². The van der Waals surface area contributed by atoms with E-state index in [0.29, 0.717) is 0 Å². The SMILES string of the molecule is CC(=O)[C@H]1C[C@@H]1c1nccc(C)n1. The standard InChI is InChI=1S/C10H12N2O/c1-6-3-4-11-10(12-6)9-5-8(9)7(2)13/h3-4,8-9H,5H2,1-2H3/t8-,9+/m1/s1. The van der Waals surface area contributed by atoms with E-state index >= 15 is 0 Å². The van der Waals surface area contributed by atoms with E-state index in [2.05, 4.69) is 9.97 Å². The molecule has 1 aromatic rings. The second kappa shape index (κ2) is 2.91. The molecule has 1 heterocycles. The number of aromatic nitrogens is 2. The van der Waals surface area contributed by atoms with E-state index in [1.807, 2.05) is 13.0 Å². The van der Waals surface area contributed by atoms with Crippen LogP contribution in [0.2, 0.25) is 0 Å². The highest BCUT2D eigenvalue weighted by atomic mass is 16.1. The Morgan fingerprint density at radius 1 is 1.62 bits per heavy atom. The highest BCUT2D eigenvalue weighted by Gasteiger charge is 2.43. The number of hydrogen-bond donors (Lipinski definition) is 0. The maximum absolute atomic E-state index is 11.0. The quantitative estimate of drug-likeness (QED) is 0.685. The topological polar surface area (TPSA) is 42.9 Å². The second-order valence-electron chi connectivity index (χ2n) is 3.62. The highest BCUT2D eigenvalue weighted by molar-refractivity contribution is 5.82. The van der Waals surface area contributed by atoms with Gasteiger partial charge in [0, 0.05) is 23.7 Å². The van der Waals surface area contributed by atoms with Crippen LogP contribution < -0.4 is 0 Å². The van der Waals surface area contributed by atoms with Crippen LogP contribution in [0.3, 0.4) is 0 Å². The molecule has 0 aromatic carbocycles. The molecule has 3 nitrogen and oxygen atoms in total. The summed E-state index contributed by atoms with van der Waals surface area (Å²) in [6, 6.07) is 1.87. The molecule has 68 valence electrons. The first kappa shape index (κ1) is 8.35. The Balaban J connectivity index is 2.16. The van der Waals surface area contributed by atoms with Crippen molar-refractivity contribution >= 4 is 5.78 Å². The summed E-state index contributed by atoms with van der Waals surface area (Å²) in [4.78, 5) is 19.5. The van der Waals surface area contributed by atoms with E-state index in [-0.39, 0.29) is 17.6 Å². The van der Waals surface area contributed by atoms with E-state index in [1.54, 1.807) is 13.1 Å². The van der Waals surface area contributed by atoms with Crippen molar-refractivity contribution in [1.82, 2.24) is 9.97 Å². The molecule has 1 saturated carbocycles. The number of Topliss-reactive ketones (excluding diaryl/α,β-unsaturated/α-hetero) is 1. The third-order valence-corrected chi connectivity index (χ3v) is 2.46. The Morgan fingerprint density at radius 3 is 2.92 bits per heavy atom. The number of aryl methyl sites for hydroxylation is 1. The fourth-order valence-electron chi connectivity index (χ4n) is 1.58. The molecule has 1 fully saturated rings. The number of rotatable bonds is 2. The van der Waals surface area contributed by atoms with Crippen molar-refractivity contribution in [2.45, 2.75) is 26.2 Å². The molecule has 0 aliphatic heterocycles. The predicted molar refractivity (Wildman–Crippen MR) is 48.3 cm³/mol. The maximum atomic E-state index is 11.0. The average Bonchev–Trinajstić information content (AvgIpc) is 2.82. The summed E-state index contributed by atoms with van der Waals surface area (Å²) in [7, 11) is 0. The van der Waals surface area contributed by atoms with Gasteiger partial charge >= 0.3 is 0 Å². The van der Waals surface area contributed by atoms with Crippen molar-refractivity contribution in [3.8, 4) is 0 Å². The molecule has 1 aliphatic rings. The molecule has 0 N–H and O–H groups in total. The average molecular weight is 176 g/mol. The number of carbonyl (C=O) groups is 1. The Morgan fingerprint density at radius 2 is 2.38 bits per heavy atom. The van der Waals surface area contributed by atoms with Gasteiger partial charge in [0.1, 0.15) is 11.6 Å². The van der Waals surface area contributed by atoms with Gasteiger partial charge in [-0.3, -0.25) is 4.79 Å². The Hall–Kier alpha value is -1.25. The normalized spacial score (nSPS) is 25.7. The zero-order chi connectivity index (χ0) is 9.42. The molecule has 0 unspecified atom stereocenters. The summed E-state index contributed by atoms with van der Waals surface area (Å²) in [5.74, 6) is 1.56. The first-order valence-corrected chi connectivity index (χ1v) is 4.48. The lowest BCUT2D eigenvalue weighted by Gasteiger charge is -1.97. The van der Waals surface area contributed by atoms with Gasteiger partial charge in [-0.1, -0.05) is 0 Å². The molecule has 0 radical (unpaired) electrons. The monoisotopic (exact) mass is 176 g/mol. The summed E-state index contributed by atoms with van der Waals surface area (Å²) in [5, 5.41) is 0.